The Bertz CT molecular complexity index is 800. The molecule has 1 aliphatic carbocycles. The van der Waals surface area contributed by atoms with Crippen molar-refractivity contribution in [2.24, 2.45) is 5.41 Å². The molecule has 2 aromatic rings. The smallest absolute Gasteiger partial charge is 0.326 e. The molecular formula is C15H19N5O3. The number of aryl methyl sites for hydroxylation is 1. The number of carbonyl (C=O) groups excluding carboxylic acids is 1. The first kappa shape index (κ1) is 15.3. The summed E-state index contributed by atoms with van der Waals surface area (Å²) in [5, 5.41) is 2.81. The summed E-state index contributed by atoms with van der Waals surface area (Å²) in [5.74, 6) is 0.586. The van der Waals surface area contributed by atoms with Crippen molar-refractivity contribution in [1.29, 1.82) is 0 Å². The number of aromatic nitrogens is 4. The second-order valence-electron chi connectivity index (χ2n) is 6.01. The fourth-order valence-electron chi connectivity index (χ4n) is 2.68. The van der Waals surface area contributed by atoms with Crippen LogP contribution >= 0.6 is 0 Å². The van der Waals surface area contributed by atoms with E-state index in [0.29, 0.717) is 6.54 Å². The average Bonchev–Trinajstić information content (AvgIpc) is 3.12. The highest BCUT2D eigenvalue weighted by Crippen LogP contribution is 2.46. The number of nitrogens with zero attached hydrogens (tertiary/aromatic N) is 2. The van der Waals surface area contributed by atoms with E-state index in [9.17, 15) is 14.4 Å². The van der Waals surface area contributed by atoms with Gasteiger partial charge in [0.15, 0.2) is 0 Å². The monoisotopic (exact) mass is 317 g/mol. The Morgan fingerprint density at radius 2 is 2.17 bits per heavy atom. The first-order valence-electron chi connectivity index (χ1n) is 7.63. The van der Waals surface area contributed by atoms with Crippen molar-refractivity contribution >= 4 is 5.91 Å². The van der Waals surface area contributed by atoms with Crippen LogP contribution in [0.3, 0.4) is 0 Å². The summed E-state index contributed by atoms with van der Waals surface area (Å²) >= 11 is 0. The van der Waals surface area contributed by atoms with Crippen molar-refractivity contribution in [2.45, 2.75) is 32.7 Å². The Kier molecular flexibility index (Phi) is 3.89. The number of aromatic amines is 2. The third-order valence-corrected chi connectivity index (χ3v) is 4.21. The van der Waals surface area contributed by atoms with Crippen LogP contribution in [0.5, 0.6) is 0 Å². The Morgan fingerprint density at radius 1 is 1.39 bits per heavy atom. The van der Waals surface area contributed by atoms with Gasteiger partial charge in [-0.3, -0.25) is 14.6 Å². The predicted molar refractivity (Wildman–Crippen MR) is 83.3 cm³/mol. The van der Waals surface area contributed by atoms with Crippen LogP contribution in [0.25, 0.3) is 0 Å². The lowest BCUT2D eigenvalue weighted by atomic mass is 10.1. The summed E-state index contributed by atoms with van der Waals surface area (Å²) < 4.78 is 2.12. The maximum absolute atomic E-state index is 12.1. The van der Waals surface area contributed by atoms with Crippen LogP contribution in [0.4, 0.5) is 0 Å². The van der Waals surface area contributed by atoms with Gasteiger partial charge in [-0.25, -0.2) is 9.78 Å². The molecule has 0 spiro atoms. The first-order chi connectivity index (χ1) is 11.0. The summed E-state index contributed by atoms with van der Waals surface area (Å²) in [6, 6.07) is 1.08. The number of nitrogens with one attached hydrogen (secondary N) is 3. The van der Waals surface area contributed by atoms with Crippen molar-refractivity contribution in [3.8, 4) is 0 Å². The molecular weight excluding hydrogens is 298 g/mol. The van der Waals surface area contributed by atoms with Gasteiger partial charge < -0.3 is 14.9 Å². The van der Waals surface area contributed by atoms with Gasteiger partial charge in [-0.05, 0) is 12.8 Å². The molecule has 3 N–H and O–H groups in total. The molecule has 2 heterocycles. The van der Waals surface area contributed by atoms with Crippen LogP contribution in [0.1, 0.15) is 36.1 Å². The Labute approximate surface area is 132 Å². The maximum atomic E-state index is 12.1. The number of imidazole rings is 1. The number of hydrogen-bond donors (Lipinski definition) is 3. The largest absolute Gasteiger partial charge is 0.350 e. The zero-order valence-corrected chi connectivity index (χ0v) is 12.9. The molecule has 2 aromatic heterocycles. The van der Waals surface area contributed by atoms with E-state index in [0.717, 1.165) is 37.7 Å². The summed E-state index contributed by atoms with van der Waals surface area (Å²) in [4.78, 5) is 43.2. The van der Waals surface area contributed by atoms with E-state index in [1.807, 2.05) is 11.2 Å². The maximum Gasteiger partial charge on any atom is 0.326 e. The Hall–Kier alpha value is -2.64. The molecule has 0 saturated heterocycles. The van der Waals surface area contributed by atoms with Gasteiger partial charge in [0.2, 0.25) is 0 Å². The van der Waals surface area contributed by atoms with E-state index in [1.54, 1.807) is 6.20 Å². The topological polar surface area (TPSA) is 113 Å². The van der Waals surface area contributed by atoms with E-state index in [2.05, 4.69) is 26.8 Å². The summed E-state index contributed by atoms with van der Waals surface area (Å²) in [7, 11) is 0. The summed E-state index contributed by atoms with van der Waals surface area (Å²) in [6.45, 7) is 3.37. The van der Waals surface area contributed by atoms with Gasteiger partial charge in [0, 0.05) is 43.4 Å². The molecule has 1 fully saturated rings. The van der Waals surface area contributed by atoms with E-state index < -0.39 is 17.2 Å². The van der Waals surface area contributed by atoms with Gasteiger partial charge in [0.1, 0.15) is 11.5 Å². The van der Waals surface area contributed by atoms with Crippen molar-refractivity contribution in [3.05, 3.63) is 50.8 Å². The molecule has 122 valence electrons. The first-order valence-corrected chi connectivity index (χ1v) is 7.63. The standard InChI is InChI=1S/C15H19N5O3/c1-2-11-16-5-6-20(11)9-15(3-4-15)8-17-13(22)10-7-12(21)19-14(23)18-10/h5-7H,2-4,8-9H2,1H3,(H,17,22)(H2,18,19,21,23). The number of amides is 1. The molecule has 0 aliphatic heterocycles. The minimum Gasteiger partial charge on any atom is -0.350 e. The highest BCUT2D eigenvalue weighted by atomic mass is 16.2. The summed E-state index contributed by atoms with van der Waals surface area (Å²) in [6.07, 6.45) is 6.66. The minimum atomic E-state index is -0.685. The van der Waals surface area contributed by atoms with Crippen LogP contribution in [0.15, 0.2) is 28.0 Å². The number of rotatable bonds is 6. The molecule has 23 heavy (non-hydrogen) atoms. The Morgan fingerprint density at radius 3 is 2.83 bits per heavy atom. The SMILES string of the molecule is CCc1nccn1CC1(CNC(=O)c2cc(=O)[nH]c(=O)[nH]2)CC1. The molecule has 1 amide bonds. The van der Waals surface area contributed by atoms with Gasteiger partial charge in [-0.15, -0.1) is 0 Å². The average molecular weight is 317 g/mol. The van der Waals surface area contributed by atoms with Gasteiger partial charge in [0.25, 0.3) is 11.5 Å². The third-order valence-electron chi connectivity index (χ3n) is 4.21. The van der Waals surface area contributed by atoms with Crippen LogP contribution in [-0.4, -0.2) is 32.0 Å². The van der Waals surface area contributed by atoms with Crippen molar-refractivity contribution < 1.29 is 4.79 Å². The van der Waals surface area contributed by atoms with E-state index in [1.165, 1.54) is 0 Å². The van der Waals surface area contributed by atoms with Gasteiger partial charge in [-0.2, -0.15) is 0 Å². The molecule has 1 aliphatic rings. The fourth-order valence-corrected chi connectivity index (χ4v) is 2.68. The fraction of sp³-hybridized carbons (Fsp3) is 0.467. The molecule has 1 saturated carbocycles. The molecule has 3 rings (SSSR count). The van der Waals surface area contributed by atoms with Crippen molar-refractivity contribution in [3.63, 3.8) is 0 Å². The zero-order valence-electron chi connectivity index (χ0n) is 12.9. The van der Waals surface area contributed by atoms with E-state index in [4.69, 9.17) is 0 Å². The van der Waals surface area contributed by atoms with Crippen LogP contribution < -0.4 is 16.6 Å². The van der Waals surface area contributed by atoms with Gasteiger partial charge >= 0.3 is 5.69 Å². The normalized spacial score (nSPS) is 15.3. The quantitative estimate of drug-likeness (QED) is 0.697. The second-order valence-corrected chi connectivity index (χ2v) is 6.01. The minimum absolute atomic E-state index is 0.0218. The number of hydrogen-bond acceptors (Lipinski definition) is 4. The van der Waals surface area contributed by atoms with E-state index >= 15 is 0 Å². The van der Waals surface area contributed by atoms with Gasteiger partial charge in [-0.1, -0.05) is 6.92 Å². The molecule has 0 bridgehead atoms. The van der Waals surface area contributed by atoms with Crippen molar-refractivity contribution in [2.75, 3.05) is 6.54 Å². The molecule has 0 aromatic carbocycles. The summed E-state index contributed by atoms with van der Waals surface area (Å²) in [5.41, 5.74) is -1.27. The molecule has 0 radical (unpaired) electrons. The Balaban J connectivity index is 1.64. The molecule has 0 unspecified atom stereocenters. The van der Waals surface area contributed by atoms with Crippen LogP contribution in [0.2, 0.25) is 0 Å². The highest BCUT2D eigenvalue weighted by Gasteiger charge is 2.43. The predicted octanol–water partition coefficient (Wildman–Crippen LogP) is 0.0323. The van der Waals surface area contributed by atoms with Crippen LogP contribution in [0, 0.1) is 5.41 Å². The third kappa shape index (κ3) is 3.41. The molecule has 8 heteroatoms. The highest BCUT2D eigenvalue weighted by molar-refractivity contribution is 5.92. The molecule has 0 atom stereocenters. The second kappa shape index (κ2) is 5.86. The number of H-pyrrole nitrogens is 2. The zero-order chi connectivity index (χ0) is 16.4. The lowest BCUT2D eigenvalue weighted by molar-refractivity contribution is 0.0937. The number of carbonyl (C=O) groups is 1. The van der Waals surface area contributed by atoms with Crippen molar-refractivity contribution in [1.82, 2.24) is 24.8 Å². The van der Waals surface area contributed by atoms with Crippen LogP contribution in [-0.2, 0) is 13.0 Å². The lowest BCUT2D eigenvalue weighted by Crippen LogP contribution is -2.35. The van der Waals surface area contributed by atoms with Gasteiger partial charge in [0.05, 0.1) is 0 Å². The lowest BCUT2D eigenvalue weighted by Gasteiger charge is -2.18. The molecule has 8 nitrogen and oxygen atoms in total. The van der Waals surface area contributed by atoms with E-state index in [-0.39, 0.29) is 11.1 Å².